The Balaban J connectivity index is 2.39. The molecule has 11 heavy (non-hydrogen) atoms. The van der Waals surface area contributed by atoms with Gasteiger partial charge in [0.05, 0.1) is 0 Å². The van der Waals surface area contributed by atoms with Crippen LogP contribution in [0.4, 0.5) is 0 Å². The fraction of sp³-hybridized carbons (Fsp3) is 0.889. The number of halogens is 1. The molecule has 0 radical (unpaired) electrons. The van der Waals surface area contributed by atoms with Gasteiger partial charge in [-0.25, -0.2) is 0 Å². The molecule has 0 amide bonds. The van der Waals surface area contributed by atoms with Crippen LogP contribution in [0, 0.1) is 5.92 Å². The van der Waals surface area contributed by atoms with Crippen LogP contribution in [0.15, 0.2) is 0 Å². The summed E-state index contributed by atoms with van der Waals surface area (Å²) in [6, 6.07) is 0. The zero-order chi connectivity index (χ0) is 8.27. The zero-order valence-electron chi connectivity index (χ0n) is 7.40. The Morgan fingerprint density at radius 2 is 1.73 bits per heavy atom. The van der Waals surface area contributed by atoms with Crippen LogP contribution >= 0.6 is 19.8 Å². The van der Waals surface area contributed by atoms with E-state index in [9.17, 15) is 4.79 Å². The van der Waals surface area contributed by atoms with Gasteiger partial charge in [-0.15, -0.1) is 0 Å². The number of alkyl halides is 2. The van der Waals surface area contributed by atoms with Gasteiger partial charge in [-0.05, 0) is 0 Å². The third-order valence-corrected chi connectivity index (χ3v) is 5.31. The molecular weight excluding hydrogens is 251 g/mol. The number of rotatable bonds is 2. The van der Waals surface area contributed by atoms with Crippen molar-refractivity contribution in [3.8, 4) is 0 Å². The molecule has 0 bridgehead atoms. The van der Waals surface area contributed by atoms with Crippen molar-refractivity contribution >= 4 is 23.6 Å². The van der Waals surface area contributed by atoms with E-state index in [0.717, 1.165) is 0 Å². The van der Waals surface area contributed by atoms with Crippen molar-refractivity contribution in [3.05, 3.63) is 0 Å². The molecule has 1 aliphatic rings. The molecule has 0 saturated heterocycles. The second-order valence-corrected chi connectivity index (χ2v) is 8.77. The molecule has 1 fully saturated rings. The molecule has 1 rings (SSSR count). The van der Waals surface area contributed by atoms with Gasteiger partial charge in [-0.2, -0.15) is 0 Å². The van der Waals surface area contributed by atoms with E-state index in [1.807, 2.05) is 0 Å². The SMILES string of the molecule is CI(C)C(=O)C1CCCCC1. The van der Waals surface area contributed by atoms with Crippen LogP contribution in [0.1, 0.15) is 32.1 Å². The third kappa shape index (κ3) is 2.73. The maximum atomic E-state index is 11.6. The van der Waals surface area contributed by atoms with Crippen LogP contribution in [-0.4, -0.2) is 13.7 Å². The van der Waals surface area contributed by atoms with Crippen molar-refractivity contribution in [2.75, 3.05) is 9.86 Å². The first-order valence-corrected chi connectivity index (χ1v) is 9.65. The van der Waals surface area contributed by atoms with Crippen LogP contribution in [-0.2, 0) is 4.79 Å². The molecule has 0 N–H and O–H groups in total. The summed E-state index contributed by atoms with van der Waals surface area (Å²) in [5, 5.41) is 0. The number of hydrogen-bond acceptors (Lipinski definition) is 1. The van der Waals surface area contributed by atoms with Gasteiger partial charge >= 0.3 is 76.3 Å². The molecule has 0 aromatic carbocycles. The summed E-state index contributed by atoms with van der Waals surface area (Å²) in [6.07, 6.45) is 6.31. The molecule has 1 aliphatic carbocycles. The van der Waals surface area contributed by atoms with Gasteiger partial charge in [0.2, 0.25) is 0 Å². The van der Waals surface area contributed by atoms with Crippen LogP contribution in [0.25, 0.3) is 0 Å². The van der Waals surface area contributed by atoms with Crippen molar-refractivity contribution in [2.45, 2.75) is 32.1 Å². The van der Waals surface area contributed by atoms with Gasteiger partial charge in [0.25, 0.3) is 0 Å². The first kappa shape index (κ1) is 9.49. The number of carbonyl (C=O) groups excluding carboxylic acids is 1. The predicted molar refractivity (Wildman–Crippen MR) is 57.5 cm³/mol. The summed E-state index contributed by atoms with van der Waals surface area (Å²) in [4.78, 5) is 15.9. The topological polar surface area (TPSA) is 17.1 Å². The van der Waals surface area contributed by atoms with Crippen molar-refractivity contribution < 1.29 is 4.79 Å². The van der Waals surface area contributed by atoms with Crippen LogP contribution in [0.5, 0.6) is 0 Å². The molecule has 2 heteroatoms. The molecule has 1 nitrogen and oxygen atoms in total. The van der Waals surface area contributed by atoms with E-state index in [4.69, 9.17) is 0 Å². The minimum atomic E-state index is -1.13. The average molecular weight is 268 g/mol. The van der Waals surface area contributed by atoms with E-state index in [1.165, 1.54) is 32.1 Å². The van der Waals surface area contributed by atoms with E-state index in [-0.39, 0.29) is 0 Å². The molecule has 1 saturated carbocycles. The Hall–Kier alpha value is 0.400. The minimum absolute atomic E-state index is 0.476. The second kappa shape index (κ2) is 4.43. The predicted octanol–water partition coefficient (Wildman–Crippen LogP) is 2.86. The fourth-order valence-electron chi connectivity index (χ4n) is 1.64. The van der Waals surface area contributed by atoms with Crippen LogP contribution in [0.2, 0.25) is 0 Å². The monoisotopic (exact) mass is 268 g/mol. The van der Waals surface area contributed by atoms with Gasteiger partial charge in [0, 0.05) is 0 Å². The van der Waals surface area contributed by atoms with Gasteiger partial charge in [-0.1, -0.05) is 0 Å². The molecule has 66 valence electrons. The Labute approximate surface area is 76.3 Å². The third-order valence-electron chi connectivity index (χ3n) is 2.30. The van der Waals surface area contributed by atoms with Crippen LogP contribution < -0.4 is 0 Å². The first-order valence-electron chi connectivity index (χ1n) is 4.25. The number of hydrogen-bond donors (Lipinski definition) is 0. The molecule has 0 aromatic rings. The summed E-state index contributed by atoms with van der Waals surface area (Å²) >= 11 is -1.13. The summed E-state index contributed by atoms with van der Waals surface area (Å²) in [5.41, 5.74) is 0. The summed E-state index contributed by atoms with van der Waals surface area (Å²) < 4.78 is 0.647. The normalized spacial score (nSPS) is 21.5. The molecular formula is C9H17IO. The Morgan fingerprint density at radius 3 is 2.18 bits per heavy atom. The molecule has 0 spiro atoms. The quantitative estimate of drug-likeness (QED) is 0.427. The average Bonchev–Trinajstić information content (AvgIpc) is 2.05. The molecule has 0 aliphatic heterocycles. The maximum absolute atomic E-state index is 11.6. The van der Waals surface area contributed by atoms with Crippen molar-refractivity contribution in [1.82, 2.24) is 0 Å². The molecule has 0 unspecified atom stereocenters. The van der Waals surface area contributed by atoms with E-state index >= 15 is 0 Å². The van der Waals surface area contributed by atoms with Crippen LogP contribution in [0.3, 0.4) is 0 Å². The zero-order valence-corrected chi connectivity index (χ0v) is 9.56. The van der Waals surface area contributed by atoms with Crippen molar-refractivity contribution in [1.29, 1.82) is 0 Å². The Bertz CT molecular complexity index is 136. The van der Waals surface area contributed by atoms with Gasteiger partial charge in [-0.3, -0.25) is 0 Å². The first-order chi connectivity index (χ1) is 5.22. The van der Waals surface area contributed by atoms with Gasteiger partial charge in [0.15, 0.2) is 0 Å². The van der Waals surface area contributed by atoms with Crippen molar-refractivity contribution in [3.63, 3.8) is 0 Å². The fourth-order valence-corrected chi connectivity index (χ4v) is 4.02. The standard InChI is InChI=1S/C9H17IO/c1-10(2)9(11)8-6-4-3-5-7-8/h8H,3-7H2,1-2H3. The second-order valence-electron chi connectivity index (χ2n) is 3.39. The number of carbonyl (C=O) groups is 1. The molecule has 0 atom stereocenters. The Kier molecular flexibility index (Phi) is 3.82. The van der Waals surface area contributed by atoms with Gasteiger partial charge < -0.3 is 0 Å². The van der Waals surface area contributed by atoms with E-state index in [1.54, 1.807) is 0 Å². The van der Waals surface area contributed by atoms with E-state index in [0.29, 0.717) is 9.71 Å². The van der Waals surface area contributed by atoms with E-state index < -0.39 is 19.8 Å². The van der Waals surface area contributed by atoms with E-state index in [2.05, 4.69) is 9.86 Å². The summed E-state index contributed by atoms with van der Waals surface area (Å²) in [6.45, 7) is 0. The van der Waals surface area contributed by atoms with Gasteiger partial charge in [0.1, 0.15) is 0 Å². The summed E-state index contributed by atoms with van der Waals surface area (Å²) in [5.74, 6) is 0.476. The van der Waals surface area contributed by atoms with Crippen molar-refractivity contribution in [2.24, 2.45) is 5.92 Å². The Morgan fingerprint density at radius 1 is 1.18 bits per heavy atom. The summed E-state index contributed by atoms with van der Waals surface area (Å²) in [7, 11) is 0. The molecule has 0 aromatic heterocycles. The molecule has 0 heterocycles.